The van der Waals surface area contributed by atoms with Gasteiger partial charge in [-0.1, -0.05) is 48.0 Å². The van der Waals surface area contributed by atoms with Gasteiger partial charge in [-0.05, 0) is 24.6 Å². The molecule has 2 N–H and O–H groups in total. The molecular weight excluding hydrogens is 236 g/mol. The van der Waals surface area contributed by atoms with E-state index in [2.05, 4.69) is 0 Å². The van der Waals surface area contributed by atoms with Crippen molar-refractivity contribution in [2.75, 3.05) is 11.4 Å². The maximum absolute atomic E-state index is 12.0. The van der Waals surface area contributed by atoms with Crippen LogP contribution in [0.1, 0.15) is 11.1 Å². The molecule has 0 aliphatic rings. The molecule has 19 heavy (non-hydrogen) atoms. The molecule has 0 unspecified atom stereocenters. The van der Waals surface area contributed by atoms with Crippen LogP contribution < -0.4 is 10.6 Å². The van der Waals surface area contributed by atoms with Crippen LogP contribution in [0.4, 0.5) is 5.69 Å². The summed E-state index contributed by atoms with van der Waals surface area (Å²) in [4.78, 5) is 13.7. The van der Waals surface area contributed by atoms with Gasteiger partial charge in [0.05, 0.1) is 13.1 Å². The van der Waals surface area contributed by atoms with Crippen molar-refractivity contribution in [1.82, 2.24) is 0 Å². The fourth-order valence-corrected chi connectivity index (χ4v) is 1.92. The summed E-state index contributed by atoms with van der Waals surface area (Å²) in [5.74, 6) is -0.0771. The van der Waals surface area contributed by atoms with Gasteiger partial charge in [0.2, 0.25) is 5.91 Å². The van der Waals surface area contributed by atoms with Crippen LogP contribution in [0.2, 0.25) is 0 Å². The molecule has 98 valence electrons. The van der Waals surface area contributed by atoms with Gasteiger partial charge in [0.25, 0.3) is 0 Å². The molecule has 2 aromatic rings. The molecule has 0 saturated carbocycles. The van der Waals surface area contributed by atoms with Gasteiger partial charge in [-0.2, -0.15) is 0 Å². The van der Waals surface area contributed by atoms with E-state index in [1.54, 1.807) is 4.90 Å². The number of benzene rings is 2. The van der Waals surface area contributed by atoms with Gasteiger partial charge >= 0.3 is 0 Å². The molecule has 0 atom stereocenters. The zero-order chi connectivity index (χ0) is 13.7. The first-order chi connectivity index (χ1) is 9.20. The van der Waals surface area contributed by atoms with Crippen molar-refractivity contribution in [1.29, 1.82) is 0 Å². The van der Waals surface area contributed by atoms with E-state index in [0.717, 1.165) is 11.3 Å². The van der Waals surface area contributed by atoms with Gasteiger partial charge in [-0.15, -0.1) is 0 Å². The van der Waals surface area contributed by atoms with E-state index < -0.39 is 0 Å². The second-order valence-corrected chi connectivity index (χ2v) is 4.51. The number of amides is 1. The maximum atomic E-state index is 12.0. The summed E-state index contributed by atoms with van der Waals surface area (Å²) in [6, 6.07) is 17.8. The largest absolute Gasteiger partial charge is 0.322 e. The van der Waals surface area contributed by atoms with Crippen LogP contribution in [0.5, 0.6) is 0 Å². The number of anilines is 1. The van der Waals surface area contributed by atoms with Gasteiger partial charge in [0, 0.05) is 5.69 Å². The van der Waals surface area contributed by atoms with Crippen molar-refractivity contribution >= 4 is 11.6 Å². The number of rotatable bonds is 4. The third-order valence-corrected chi connectivity index (χ3v) is 3.00. The van der Waals surface area contributed by atoms with Crippen LogP contribution in [0.25, 0.3) is 0 Å². The molecule has 0 spiro atoms. The predicted molar refractivity (Wildman–Crippen MR) is 77.9 cm³/mol. The fraction of sp³-hybridized carbons (Fsp3) is 0.188. The molecule has 0 saturated heterocycles. The summed E-state index contributed by atoms with van der Waals surface area (Å²) < 4.78 is 0. The fourth-order valence-electron chi connectivity index (χ4n) is 1.92. The molecule has 0 fully saturated rings. The van der Waals surface area contributed by atoms with E-state index in [-0.39, 0.29) is 12.5 Å². The molecular formula is C16H18N2O. The SMILES string of the molecule is Cc1ccc(CN(C(=O)CN)c2ccccc2)cc1. The van der Waals surface area contributed by atoms with Crippen molar-refractivity contribution in [3.05, 3.63) is 65.7 Å². The maximum Gasteiger partial charge on any atom is 0.241 e. The number of nitrogens with two attached hydrogens (primary N) is 1. The lowest BCUT2D eigenvalue weighted by Crippen LogP contribution is -2.35. The Morgan fingerprint density at radius 1 is 1.05 bits per heavy atom. The Labute approximate surface area is 113 Å². The molecule has 0 radical (unpaired) electrons. The number of para-hydroxylation sites is 1. The van der Waals surface area contributed by atoms with E-state index in [1.807, 2.05) is 61.5 Å². The standard InChI is InChI=1S/C16H18N2O/c1-13-7-9-14(10-8-13)12-18(16(19)11-17)15-5-3-2-4-6-15/h2-10H,11-12,17H2,1H3. The van der Waals surface area contributed by atoms with Gasteiger partial charge in [0.15, 0.2) is 0 Å². The summed E-state index contributed by atoms with van der Waals surface area (Å²) in [7, 11) is 0. The lowest BCUT2D eigenvalue weighted by molar-refractivity contribution is -0.117. The zero-order valence-corrected chi connectivity index (χ0v) is 11.0. The minimum Gasteiger partial charge on any atom is -0.322 e. The molecule has 1 amide bonds. The van der Waals surface area contributed by atoms with Crippen LogP contribution in [0.15, 0.2) is 54.6 Å². The van der Waals surface area contributed by atoms with Crippen LogP contribution in [-0.2, 0) is 11.3 Å². The average Bonchev–Trinajstić information content (AvgIpc) is 2.47. The second kappa shape index (κ2) is 6.16. The summed E-state index contributed by atoms with van der Waals surface area (Å²) >= 11 is 0. The van der Waals surface area contributed by atoms with Crippen molar-refractivity contribution in [3.8, 4) is 0 Å². The van der Waals surface area contributed by atoms with Gasteiger partial charge < -0.3 is 10.6 Å². The smallest absolute Gasteiger partial charge is 0.241 e. The van der Waals surface area contributed by atoms with Crippen molar-refractivity contribution in [2.45, 2.75) is 13.5 Å². The molecule has 2 rings (SSSR count). The van der Waals surface area contributed by atoms with E-state index >= 15 is 0 Å². The summed E-state index contributed by atoms with van der Waals surface area (Å²) in [6.45, 7) is 2.60. The Morgan fingerprint density at radius 2 is 1.68 bits per heavy atom. The van der Waals surface area contributed by atoms with Gasteiger partial charge in [0.1, 0.15) is 0 Å². The van der Waals surface area contributed by atoms with E-state index in [1.165, 1.54) is 5.56 Å². The van der Waals surface area contributed by atoms with E-state index in [9.17, 15) is 4.79 Å². The average molecular weight is 254 g/mol. The highest BCUT2D eigenvalue weighted by atomic mass is 16.2. The highest BCUT2D eigenvalue weighted by molar-refractivity contribution is 5.94. The van der Waals surface area contributed by atoms with Crippen LogP contribution >= 0.6 is 0 Å². The van der Waals surface area contributed by atoms with E-state index in [4.69, 9.17) is 5.73 Å². The molecule has 0 aliphatic heterocycles. The van der Waals surface area contributed by atoms with Crippen LogP contribution in [0.3, 0.4) is 0 Å². The summed E-state index contributed by atoms with van der Waals surface area (Å²) in [5.41, 5.74) is 8.67. The molecule has 0 aliphatic carbocycles. The van der Waals surface area contributed by atoms with E-state index in [0.29, 0.717) is 6.54 Å². The first-order valence-corrected chi connectivity index (χ1v) is 6.31. The van der Waals surface area contributed by atoms with Crippen LogP contribution in [0, 0.1) is 6.92 Å². The van der Waals surface area contributed by atoms with Crippen molar-refractivity contribution in [2.24, 2.45) is 5.73 Å². The number of nitrogens with zero attached hydrogens (tertiary/aromatic N) is 1. The quantitative estimate of drug-likeness (QED) is 0.911. The first kappa shape index (κ1) is 13.3. The summed E-state index contributed by atoms with van der Waals surface area (Å²) in [6.07, 6.45) is 0. The second-order valence-electron chi connectivity index (χ2n) is 4.51. The minimum absolute atomic E-state index is 0.0146. The lowest BCUT2D eigenvalue weighted by Gasteiger charge is -2.22. The highest BCUT2D eigenvalue weighted by Crippen LogP contribution is 2.17. The third-order valence-electron chi connectivity index (χ3n) is 3.00. The van der Waals surface area contributed by atoms with Crippen molar-refractivity contribution in [3.63, 3.8) is 0 Å². The predicted octanol–water partition coefficient (Wildman–Crippen LogP) is 2.49. The molecule has 0 aromatic heterocycles. The molecule has 0 heterocycles. The van der Waals surface area contributed by atoms with Gasteiger partial charge in [-0.3, -0.25) is 4.79 Å². The Hall–Kier alpha value is -2.13. The first-order valence-electron chi connectivity index (χ1n) is 6.31. The number of carbonyl (C=O) groups is 1. The Morgan fingerprint density at radius 3 is 2.26 bits per heavy atom. The van der Waals surface area contributed by atoms with Crippen LogP contribution in [-0.4, -0.2) is 12.5 Å². The summed E-state index contributed by atoms with van der Waals surface area (Å²) in [5, 5.41) is 0. The molecule has 3 nitrogen and oxygen atoms in total. The topological polar surface area (TPSA) is 46.3 Å². The number of hydrogen-bond acceptors (Lipinski definition) is 2. The number of hydrogen-bond donors (Lipinski definition) is 1. The molecule has 2 aromatic carbocycles. The monoisotopic (exact) mass is 254 g/mol. The number of carbonyl (C=O) groups excluding carboxylic acids is 1. The molecule has 3 heteroatoms. The zero-order valence-electron chi connectivity index (χ0n) is 11.0. The highest BCUT2D eigenvalue weighted by Gasteiger charge is 2.14. The van der Waals surface area contributed by atoms with Gasteiger partial charge in [-0.25, -0.2) is 0 Å². The van der Waals surface area contributed by atoms with Crippen molar-refractivity contribution < 1.29 is 4.79 Å². The Balaban J connectivity index is 2.24. The third kappa shape index (κ3) is 3.42. The Bertz CT molecular complexity index is 534. The molecule has 0 bridgehead atoms. The lowest BCUT2D eigenvalue weighted by atomic mass is 10.1. The normalized spacial score (nSPS) is 10.2. The minimum atomic E-state index is -0.0771. The Kier molecular flexibility index (Phi) is 4.31. The number of aryl methyl sites for hydroxylation is 1.